The van der Waals surface area contributed by atoms with Gasteiger partial charge in [0.15, 0.2) is 0 Å². The smallest absolute Gasteiger partial charge is 0.388 e. The molecule has 0 radical (unpaired) electrons. The first-order valence-electron chi connectivity index (χ1n) is 6.18. The predicted octanol–water partition coefficient (Wildman–Crippen LogP) is -0.231. The lowest BCUT2D eigenvalue weighted by atomic mass is 10.1. The van der Waals surface area contributed by atoms with Gasteiger partial charge in [0.2, 0.25) is 0 Å². The van der Waals surface area contributed by atoms with Crippen molar-refractivity contribution in [1.29, 1.82) is 0 Å². The van der Waals surface area contributed by atoms with Crippen LogP contribution in [0.5, 0.6) is 0 Å². The van der Waals surface area contributed by atoms with E-state index in [4.69, 9.17) is 25.5 Å². The molecule has 1 saturated heterocycles. The highest BCUT2D eigenvalue weighted by Gasteiger charge is 2.46. The van der Waals surface area contributed by atoms with Gasteiger partial charge in [-0.3, -0.25) is 13.6 Å². The lowest BCUT2D eigenvalue weighted by Crippen LogP contribution is -2.36. The Bertz CT molecular complexity index is 496. The molecule has 0 spiro atoms. The molecule has 0 amide bonds. The van der Waals surface area contributed by atoms with Crippen LogP contribution in [0.2, 0.25) is 0 Å². The molecule has 1 aliphatic heterocycles. The summed E-state index contributed by atoms with van der Waals surface area (Å²) in [6.07, 6.45) is 0.443. The summed E-state index contributed by atoms with van der Waals surface area (Å²) in [7, 11) is -9.28. The van der Waals surface area contributed by atoms with Crippen molar-refractivity contribution in [3.8, 4) is 12.3 Å². The summed E-state index contributed by atoms with van der Waals surface area (Å²) in [6, 6.07) is 0. The third-order valence-corrected chi connectivity index (χ3v) is 4.24. The quantitative estimate of drug-likeness (QED) is 0.259. The maximum Gasteiger partial charge on any atom is 0.472 e. The predicted molar refractivity (Wildman–Crippen MR) is 72.4 cm³/mol. The Hall–Kier alpha value is -0.300. The van der Waals surface area contributed by atoms with Crippen LogP contribution in [0.3, 0.4) is 0 Å². The van der Waals surface area contributed by atoms with Gasteiger partial charge in [0.1, 0.15) is 18.3 Å². The van der Waals surface area contributed by atoms with Crippen molar-refractivity contribution in [2.45, 2.75) is 37.8 Å². The van der Waals surface area contributed by atoms with Gasteiger partial charge in [-0.25, -0.2) is 9.13 Å². The SMILES string of the molecule is C#CCCOP(=O)(O)OC1[C@@H](COP(=O)(O)O)O[C@@H](C)[C@H]1O. The zero-order valence-electron chi connectivity index (χ0n) is 11.6. The van der Waals surface area contributed by atoms with Crippen LogP contribution >= 0.6 is 15.6 Å². The molecule has 0 aliphatic carbocycles. The van der Waals surface area contributed by atoms with Crippen molar-refractivity contribution in [2.24, 2.45) is 0 Å². The Kier molecular flexibility index (Phi) is 7.18. The lowest BCUT2D eigenvalue weighted by Gasteiger charge is -2.23. The molecule has 1 fully saturated rings. The van der Waals surface area contributed by atoms with E-state index in [1.807, 2.05) is 0 Å². The molecule has 1 aliphatic rings. The van der Waals surface area contributed by atoms with Crippen LogP contribution in [0.25, 0.3) is 0 Å². The molecule has 128 valence electrons. The number of ether oxygens (including phenoxy) is 1. The third-order valence-electron chi connectivity index (χ3n) is 2.74. The van der Waals surface area contributed by atoms with Gasteiger partial charge in [-0.15, -0.1) is 12.3 Å². The largest absolute Gasteiger partial charge is 0.472 e. The van der Waals surface area contributed by atoms with Gasteiger partial charge < -0.3 is 24.5 Å². The maximum atomic E-state index is 11.7. The van der Waals surface area contributed by atoms with Crippen molar-refractivity contribution < 1.29 is 47.2 Å². The highest BCUT2D eigenvalue weighted by Crippen LogP contribution is 2.48. The molecule has 22 heavy (non-hydrogen) atoms. The van der Waals surface area contributed by atoms with Gasteiger partial charge in [-0.1, -0.05) is 0 Å². The Morgan fingerprint density at radius 2 is 1.91 bits per heavy atom. The van der Waals surface area contributed by atoms with E-state index in [0.29, 0.717) is 0 Å². The van der Waals surface area contributed by atoms with Crippen LogP contribution < -0.4 is 0 Å². The molecule has 0 aromatic heterocycles. The van der Waals surface area contributed by atoms with Crippen LogP contribution in [-0.4, -0.2) is 57.4 Å². The van der Waals surface area contributed by atoms with Gasteiger partial charge in [-0.2, -0.15) is 0 Å². The summed E-state index contributed by atoms with van der Waals surface area (Å²) in [6.45, 7) is 0.591. The fourth-order valence-electron chi connectivity index (χ4n) is 1.76. The highest BCUT2D eigenvalue weighted by molar-refractivity contribution is 7.47. The van der Waals surface area contributed by atoms with E-state index in [1.54, 1.807) is 0 Å². The third kappa shape index (κ3) is 6.44. The first-order chi connectivity index (χ1) is 10.1. The number of hydrogen-bond acceptors (Lipinski definition) is 7. The summed E-state index contributed by atoms with van der Waals surface area (Å²) >= 11 is 0. The molecule has 12 heteroatoms. The van der Waals surface area contributed by atoms with Crippen LogP contribution in [0, 0.1) is 12.3 Å². The number of aliphatic hydroxyl groups is 1. The fourth-order valence-corrected chi connectivity index (χ4v) is 3.05. The molecule has 0 aromatic rings. The zero-order chi connectivity index (χ0) is 17.0. The zero-order valence-corrected chi connectivity index (χ0v) is 13.4. The fraction of sp³-hybridized carbons (Fsp3) is 0.800. The number of hydrogen-bond donors (Lipinski definition) is 4. The van der Waals surface area contributed by atoms with Gasteiger partial charge in [0.25, 0.3) is 0 Å². The molecule has 1 heterocycles. The van der Waals surface area contributed by atoms with Gasteiger partial charge in [0, 0.05) is 6.42 Å². The first kappa shape index (κ1) is 19.7. The second-order valence-electron chi connectivity index (χ2n) is 4.48. The first-order valence-corrected chi connectivity index (χ1v) is 9.21. The molecule has 4 N–H and O–H groups in total. The molecule has 0 aromatic carbocycles. The van der Waals surface area contributed by atoms with Crippen molar-refractivity contribution >= 4 is 15.6 Å². The van der Waals surface area contributed by atoms with Crippen LogP contribution in [0.1, 0.15) is 13.3 Å². The van der Waals surface area contributed by atoms with E-state index in [9.17, 15) is 19.1 Å². The van der Waals surface area contributed by atoms with Crippen molar-refractivity contribution in [2.75, 3.05) is 13.2 Å². The second-order valence-corrected chi connectivity index (χ2v) is 7.13. The summed E-state index contributed by atoms with van der Waals surface area (Å²) in [5.41, 5.74) is 0. The number of terminal acetylenes is 1. The standard InChI is InChI=1S/C10H18O10P2/c1-3-4-5-17-22(15,16)20-10-8(6-18-21(12,13)14)19-7(2)9(10)11/h1,7-11H,4-6H2,2H3,(H,15,16)(H2,12,13,14)/t7-,8+,9+,10?/m0/s1. The van der Waals surface area contributed by atoms with Crippen molar-refractivity contribution in [3.05, 3.63) is 0 Å². The van der Waals surface area contributed by atoms with E-state index in [0.717, 1.165) is 0 Å². The normalized spacial score (nSPS) is 31.6. The van der Waals surface area contributed by atoms with Crippen LogP contribution in [0.4, 0.5) is 0 Å². The summed E-state index contributed by atoms with van der Waals surface area (Å²) in [5.74, 6) is 2.20. The molecule has 0 saturated carbocycles. The van der Waals surface area contributed by atoms with E-state index in [2.05, 4.69) is 15.0 Å². The average Bonchev–Trinajstić information content (AvgIpc) is 2.63. The Morgan fingerprint density at radius 1 is 1.27 bits per heavy atom. The molecule has 2 unspecified atom stereocenters. The number of aliphatic hydroxyl groups excluding tert-OH is 1. The molecule has 1 rings (SSSR count). The van der Waals surface area contributed by atoms with Crippen LogP contribution in [0.15, 0.2) is 0 Å². The molecular formula is C10H18O10P2. The minimum Gasteiger partial charge on any atom is -0.388 e. The van der Waals surface area contributed by atoms with E-state index >= 15 is 0 Å². The highest BCUT2D eigenvalue weighted by atomic mass is 31.2. The van der Waals surface area contributed by atoms with E-state index in [-0.39, 0.29) is 13.0 Å². The van der Waals surface area contributed by atoms with E-state index in [1.165, 1.54) is 6.92 Å². The summed E-state index contributed by atoms with van der Waals surface area (Å²) < 4.78 is 41.3. The number of phosphoric acid groups is 2. The lowest BCUT2D eigenvalue weighted by molar-refractivity contribution is -0.0190. The summed E-state index contributed by atoms with van der Waals surface area (Å²) in [5, 5.41) is 9.87. The number of rotatable bonds is 8. The monoisotopic (exact) mass is 360 g/mol. The van der Waals surface area contributed by atoms with Gasteiger partial charge in [-0.05, 0) is 6.92 Å². The Balaban J connectivity index is 2.68. The topological polar surface area (TPSA) is 152 Å². The Labute approximate surface area is 127 Å². The molecule has 10 nitrogen and oxygen atoms in total. The average molecular weight is 360 g/mol. The molecular weight excluding hydrogens is 342 g/mol. The minimum atomic E-state index is -4.76. The maximum absolute atomic E-state index is 11.7. The van der Waals surface area contributed by atoms with Crippen molar-refractivity contribution in [1.82, 2.24) is 0 Å². The minimum absolute atomic E-state index is 0.0821. The molecule has 5 atom stereocenters. The van der Waals surface area contributed by atoms with Gasteiger partial charge in [0.05, 0.1) is 19.3 Å². The Morgan fingerprint density at radius 3 is 2.45 bits per heavy atom. The van der Waals surface area contributed by atoms with Crippen LogP contribution in [-0.2, 0) is 27.4 Å². The summed E-state index contributed by atoms with van der Waals surface area (Å²) in [4.78, 5) is 26.8. The number of phosphoric ester groups is 2. The second kappa shape index (κ2) is 7.99. The van der Waals surface area contributed by atoms with Crippen molar-refractivity contribution in [3.63, 3.8) is 0 Å². The van der Waals surface area contributed by atoms with E-state index < -0.39 is 46.7 Å². The van der Waals surface area contributed by atoms with Gasteiger partial charge >= 0.3 is 15.6 Å². The molecule has 0 bridgehead atoms.